The molecule has 1 heterocycles. The van der Waals surface area contributed by atoms with E-state index in [4.69, 9.17) is 14.2 Å². The first-order valence-corrected chi connectivity index (χ1v) is 10.8. The molecule has 2 amide bonds. The highest BCUT2D eigenvalue weighted by molar-refractivity contribution is 5.97. The molecule has 0 unspecified atom stereocenters. The molecule has 1 fully saturated rings. The second-order valence-corrected chi connectivity index (χ2v) is 8.74. The highest BCUT2D eigenvalue weighted by atomic mass is 16.6. The summed E-state index contributed by atoms with van der Waals surface area (Å²) < 4.78 is 15.3. The zero-order valence-electron chi connectivity index (χ0n) is 18.3. The lowest BCUT2D eigenvalue weighted by atomic mass is 9.57. The molecule has 1 aromatic carbocycles. The Labute approximate surface area is 182 Å². The van der Waals surface area contributed by atoms with Gasteiger partial charge in [0.1, 0.15) is 12.4 Å². The van der Waals surface area contributed by atoms with Crippen LogP contribution in [0.1, 0.15) is 43.7 Å². The van der Waals surface area contributed by atoms with Gasteiger partial charge >= 0.3 is 12.1 Å². The van der Waals surface area contributed by atoms with Gasteiger partial charge in [0.2, 0.25) is 5.91 Å². The topological polar surface area (TPSA) is 82.1 Å². The van der Waals surface area contributed by atoms with Crippen molar-refractivity contribution < 1.29 is 28.6 Å². The molecule has 0 spiro atoms. The highest BCUT2D eigenvalue weighted by Crippen LogP contribution is 2.54. The minimum atomic E-state index is -0.782. The third kappa shape index (κ3) is 3.70. The van der Waals surface area contributed by atoms with Crippen LogP contribution in [0.3, 0.4) is 0 Å². The van der Waals surface area contributed by atoms with E-state index in [0.717, 1.165) is 18.6 Å². The summed E-state index contributed by atoms with van der Waals surface area (Å²) in [5, 5.41) is 0. The van der Waals surface area contributed by atoms with Gasteiger partial charge in [0, 0.05) is 6.42 Å². The van der Waals surface area contributed by atoms with Gasteiger partial charge in [-0.15, -0.1) is 0 Å². The Morgan fingerprint density at radius 2 is 2.10 bits per heavy atom. The Morgan fingerprint density at radius 1 is 1.29 bits per heavy atom. The van der Waals surface area contributed by atoms with E-state index in [9.17, 15) is 14.4 Å². The summed E-state index contributed by atoms with van der Waals surface area (Å²) in [5.74, 6) is 0.395. The largest absolute Gasteiger partial charge is 0.497 e. The summed E-state index contributed by atoms with van der Waals surface area (Å²) in [6.45, 7) is 2.44. The lowest BCUT2D eigenvalue weighted by molar-refractivity contribution is -0.145. The third-order valence-electron chi connectivity index (χ3n) is 7.18. The number of methoxy groups -OCH3 is 2. The molecule has 1 saturated heterocycles. The average molecular weight is 427 g/mol. The van der Waals surface area contributed by atoms with Gasteiger partial charge in [-0.05, 0) is 66.4 Å². The number of carbonyl (C=O) groups excluding carboxylic acids is 3. The number of aryl methyl sites for hydroxylation is 1. The lowest BCUT2D eigenvalue weighted by Gasteiger charge is -2.47. The zero-order valence-corrected chi connectivity index (χ0v) is 18.3. The first-order valence-electron chi connectivity index (χ1n) is 10.8. The van der Waals surface area contributed by atoms with Gasteiger partial charge in [0.25, 0.3) is 0 Å². The number of nitrogens with zero attached hydrogens (tertiary/aromatic N) is 1. The summed E-state index contributed by atoms with van der Waals surface area (Å²) in [6.07, 6.45) is 4.62. The number of amides is 2. The summed E-state index contributed by atoms with van der Waals surface area (Å²) in [4.78, 5) is 38.8. The summed E-state index contributed by atoms with van der Waals surface area (Å²) in [5.41, 5.74) is 2.88. The van der Waals surface area contributed by atoms with Gasteiger partial charge in [-0.2, -0.15) is 0 Å². The van der Waals surface area contributed by atoms with Crippen molar-refractivity contribution in [1.82, 2.24) is 4.90 Å². The molecular formula is C24H29NO6. The third-order valence-corrected chi connectivity index (χ3v) is 7.18. The molecule has 1 aromatic rings. The number of benzene rings is 1. The van der Waals surface area contributed by atoms with Crippen molar-refractivity contribution >= 4 is 23.5 Å². The second kappa shape index (κ2) is 8.36. The maximum Gasteiger partial charge on any atom is 0.416 e. The molecule has 166 valence electrons. The second-order valence-electron chi connectivity index (χ2n) is 8.74. The molecular weight excluding hydrogens is 398 g/mol. The number of rotatable bonds is 5. The highest BCUT2D eigenvalue weighted by Gasteiger charge is 2.52. The van der Waals surface area contributed by atoms with Crippen molar-refractivity contribution in [2.75, 3.05) is 27.4 Å². The molecule has 0 bridgehead atoms. The number of hydrogen-bond donors (Lipinski definition) is 0. The maximum absolute atomic E-state index is 13.5. The summed E-state index contributed by atoms with van der Waals surface area (Å²) in [7, 11) is 3.04. The van der Waals surface area contributed by atoms with Crippen molar-refractivity contribution in [2.45, 2.75) is 39.0 Å². The van der Waals surface area contributed by atoms with E-state index in [1.54, 1.807) is 7.11 Å². The molecule has 0 radical (unpaired) electrons. The predicted molar refractivity (Wildman–Crippen MR) is 113 cm³/mol. The van der Waals surface area contributed by atoms with Crippen LogP contribution >= 0.6 is 0 Å². The van der Waals surface area contributed by atoms with Crippen LogP contribution in [0.2, 0.25) is 0 Å². The fourth-order valence-corrected chi connectivity index (χ4v) is 5.48. The van der Waals surface area contributed by atoms with E-state index < -0.39 is 11.5 Å². The molecule has 7 heteroatoms. The molecule has 0 saturated carbocycles. The van der Waals surface area contributed by atoms with Crippen LogP contribution in [0.25, 0.3) is 5.57 Å². The van der Waals surface area contributed by atoms with Crippen molar-refractivity contribution in [1.29, 1.82) is 0 Å². The first kappa shape index (κ1) is 21.4. The van der Waals surface area contributed by atoms with E-state index in [1.165, 1.54) is 28.7 Å². The molecule has 1 aliphatic heterocycles. The molecule has 0 aromatic heterocycles. The number of esters is 1. The molecule has 4 rings (SSSR count). The molecule has 7 nitrogen and oxygen atoms in total. The number of hydrogen-bond acceptors (Lipinski definition) is 6. The van der Waals surface area contributed by atoms with Crippen LogP contribution in [0.4, 0.5) is 4.79 Å². The molecule has 31 heavy (non-hydrogen) atoms. The predicted octanol–water partition coefficient (Wildman–Crippen LogP) is 3.60. The van der Waals surface area contributed by atoms with E-state index >= 15 is 0 Å². The first-order chi connectivity index (χ1) is 14.9. The van der Waals surface area contributed by atoms with Crippen LogP contribution < -0.4 is 4.74 Å². The SMILES string of the molecule is COC(=O)CC[C@H]1[C@H]2CCc3cc(OC)ccc3C2=CC[C@]1(C)C(=O)N1CCOC1=O. The fraction of sp³-hybridized carbons (Fsp3) is 0.542. The van der Waals surface area contributed by atoms with E-state index in [2.05, 4.69) is 18.2 Å². The van der Waals surface area contributed by atoms with Crippen LogP contribution in [-0.2, 0) is 25.5 Å². The number of cyclic esters (lactones) is 1. The number of carbonyl (C=O) groups is 3. The van der Waals surface area contributed by atoms with Crippen LogP contribution in [0.5, 0.6) is 5.75 Å². The number of fused-ring (bicyclic) bond motifs is 3. The summed E-state index contributed by atoms with van der Waals surface area (Å²) in [6, 6.07) is 6.13. The van der Waals surface area contributed by atoms with E-state index in [1.807, 2.05) is 13.0 Å². The molecule has 2 aliphatic carbocycles. The van der Waals surface area contributed by atoms with Gasteiger partial charge in [-0.1, -0.05) is 19.1 Å². The summed E-state index contributed by atoms with van der Waals surface area (Å²) >= 11 is 0. The normalized spacial score (nSPS) is 27.0. The number of imide groups is 1. The Morgan fingerprint density at radius 3 is 2.77 bits per heavy atom. The van der Waals surface area contributed by atoms with Gasteiger partial charge in [0.05, 0.1) is 26.2 Å². The quantitative estimate of drug-likeness (QED) is 0.668. The minimum Gasteiger partial charge on any atom is -0.497 e. The standard InChI is InChI=1S/C24H29NO6/c1-24(22(27)25-12-13-31-23(25)28)11-10-18-17-7-5-16(29-2)14-15(17)4-6-19(18)20(24)8-9-21(26)30-3/h5,7,10,14,19-20H,4,6,8-9,11-13H2,1-3H3/t19-,20-,24-/m0/s1. The van der Waals surface area contributed by atoms with E-state index in [0.29, 0.717) is 12.8 Å². The van der Waals surface area contributed by atoms with Crippen LogP contribution in [-0.4, -0.2) is 50.2 Å². The van der Waals surface area contributed by atoms with Gasteiger partial charge in [-0.25, -0.2) is 9.69 Å². The van der Waals surface area contributed by atoms with Gasteiger partial charge < -0.3 is 14.2 Å². The minimum absolute atomic E-state index is 0.0808. The van der Waals surface area contributed by atoms with Crippen LogP contribution in [0, 0.1) is 17.3 Å². The van der Waals surface area contributed by atoms with E-state index in [-0.39, 0.29) is 43.3 Å². The van der Waals surface area contributed by atoms with Gasteiger partial charge in [0.15, 0.2) is 0 Å². The smallest absolute Gasteiger partial charge is 0.416 e. The van der Waals surface area contributed by atoms with Crippen molar-refractivity contribution in [3.63, 3.8) is 0 Å². The maximum atomic E-state index is 13.5. The van der Waals surface area contributed by atoms with Gasteiger partial charge in [-0.3, -0.25) is 9.59 Å². The number of ether oxygens (including phenoxy) is 3. The molecule has 3 atom stereocenters. The molecule has 0 N–H and O–H groups in total. The van der Waals surface area contributed by atoms with Crippen molar-refractivity contribution in [3.8, 4) is 5.75 Å². The lowest BCUT2D eigenvalue weighted by Crippen LogP contribution is -2.50. The Hall–Kier alpha value is -2.83. The average Bonchev–Trinajstić information content (AvgIpc) is 3.22. The van der Waals surface area contributed by atoms with Crippen LogP contribution in [0.15, 0.2) is 24.3 Å². The van der Waals surface area contributed by atoms with Crippen molar-refractivity contribution in [3.05, 3.63) is 35.4 Å². The molecule has 3 aliphatic rings. The number of allylic oxidation sites excluding steroid dienone is 2. The Kier molecular flexibility index (Phi) is 5.77. The Bertz CT molecular complexity index is 938. The monoisotopic (exact) mass is 427 g/mol. The Balaban J connectivity index is 1.71. The zero-order chi connectivity index (χ0) is 22.2. The fourth-order valence-electron chi connectivity index (χ4n) is 5.48. The van der Waals surface area contributed by atoms with Crippen molar-refractivity contribution in [2.24, 2.45) is 17.3 Å².